The Labute approximate surface area is 182 Å². The van der Waals surface area contributed by atoms with Gasteiger partial charge in [-0.25, -0.2) is 5.43 Å². The number of carbonyl (C=O) groups excluding carboxylic acids is 3. The van der Waals surface area contributed by atoms with Crippen LogP contribution in [0.4, 0.5) is 5.69 Å². The molecule has 8 nitrogen and oxygen atoms in total. The summed E-state index contributed by atoms with van der Waals surface area (Å²) in [6, 6.07) is 12.7. The molecule has 0 unspecified atom stereocenters. The number of rotatable bonds is 9. The van der Waals surface area contributed by atoms with Crippen LogP contribution in [-0.2, 0) is 14.4 Å². The average molecular weight is 425 g/mol. The van der Waals surface area contributed by atoms with Crippen LogP contribution in [0.1, 0.15) is 36.5 Å². The molecule has 3 N–H and O–H groups in total. The van der Waals surface area contributed by atoms with Crippen molar-refractivity contribution in [2.75, 3.05) is 18.5 Å². The predicted molar refractivity (Wildman–Crippen MR) is 120 cm³/mol. The van der Waals surface area contributed by atoms with Gasteiger partial charge in [-0.2, -0.15) is 5.10 Å². The number of amides is 3. The van der Waals surface area contributed by atoms with Gasteiger partial charge in [-0.1, -0.05) is 37.6 Å². The zero-order valence-electron chi connectivity index (χ0n) is 18.0. The first-order valence-corrected chi connectivity index (χ1v) is 10.1. The van der Waals surface area contributed by atoms with Gasteiger partial charge in [0.05, 0.1) is 6.21 Å². The minimum atomic E-state index is -0.848. The molecule has 0 heterocycles. The molecule has 164 valence electrons. The van der Waals surface area contributed by atoms with Crippen molar-refractivity contribution in [3.8, 4) is 5.75 Å². The lowest BCUT2D eigenvalue weighted by Gasteiger charge is -2.11. The Morgan fingerprint density at radius 2 is 1.84 bits per heavy atom. The molecule has 31 heavy (non-hydrogen) atoms. The number of carbonyl (C=O) groups is 3. The highest BCUT2D eigenvalue weighted by Gasteiger charge is 2.11. The van der Waals surface area contributed by atoms with E-state index >= 15 is 0 Å². The Hall–Kier alpha value is -3.68. The molecule has 0 saturated carbocycles. The van der Waals surface area contributed by atoms with E-state index in [0.717, 1.165) is 29.7 Å². The summed E-state index contributed by atoms with van der Waals surface area (Å²) in [6.45, 7) is 6.11. The van der Waals surface area contributed by atoms with Crippen molar-refractivity contribution in [3.05, 3.63) is 59.2 Å². The molecular weight excluding hydrogens is 396 g/mol. The lowest BCUT2D eigenvalue weighted by molar-refractivity contribution is -0.139. The second-order valence-electron chi connectivity index (χ2n) is 7.00. The van der Waals surface area contributed by atoms with E-state index in [2.05, 4.69) is 21.2 Å². The van der Waals surface area contributed by atoms with Gasteiger partial charge >= 0.3 is 11.8 Å². The molecule has 2 aromatic carbocycles. The van der Waals surface area contributed by atoms with Gasteiger partial charge in [-0.05, 0) is 49.6 Å². The molecule has 0 atom stereocenters. The molecule has 0 saturated heterocycles. The molecule has 0 aromatic heterocycles. The Morgan fingerprint density at radius 1 is 1.06 bits per heavy atom. The van der Waals surface area contributed by atoms with E-state index in [4.69, 9.17) is 4.74 Å². The number of ether oxygens (including phenoxy) is 1. The van der Waals surface area contributed by atoms with E-state index in [1.807, 2.05) is 39.0 Å². The van der Waals surface area contributed by atoms with E-state index in [1.54, 1.807) is 24.3 Å². The molecule has 0 fully saturated rings. The first-order chi connectivity index (χ1) is 14.9. The minimum Gasteiger partial charge on any atom is -0.483 e. The number of anilines is 1. The molecule has 0 aliphatic carbocycles. The second kappa shape index (κ2) is 12.1. The van der Waals surface area contributed by atoms with Crippen molar-refractivity contribution in [1.82, 2.24) is 10.7 Å². The van der Waals surface area contributed by atoms with Crippen LogP contribution in [-0.4, -0.2) is 37.1 Å². The van der Waals surface area contributed by atoms with Crippen LogP contribution in [0.3, 0.4) is 0 Å². The lowest BCUT2D eigenvalue weighted by Crippen LogP contribution is -2.38. The number of nitrogens with one attached hydrogen (secondary N) is 3. The van der Waals surface area contributed by atoms with Crippen LogP contribution in [0.2, 0.25) is 0 Å². The fourth-order valence-corrected chi connectivity index (χ4v) is 2.59. The number of benzene rings is 2. The Morgan fingerprint density at radius 3 is 2.61 bits per heavy atom. The van der Waals surface area contributed by atoms with Crippen molar-refractivity contribution in [2.45, 2.75) is 33.6 Å². The van der Waals surface area contributed by atoms with Crippen LogP contribution in [0.5, 0.6) is 5.75 Å². The van der Waals surface area contributed by atoms with Gasteiger partial charge in [0.15, 0.2) is 6.61 Å². The van der Waals surface area contributed by atoms with E-state index in [1.165, 1.54) is 6.21 Å². The molecule has 0 spiro atoms. The maximum Gasteiger partial charge on any atom is 0.329 e. The standard InChI is InChI=1S/C23H28N4O4/c1-4-5-12-24-22(29)23(30)27-25-14-18-8-6-7-9-20(18)31-15-21(28)26-19-13-16(2)10-11-17(19)3/h6-11,13-14H,4-5,12,15H2,1-3H3,(H,24,29)(H,26,28)(H,27,30)/b25-14-. The average Bonchev–Trinajstić information content (AvgIpc) is 2.75. The summed E-state index contributed by atoms with van der Waals surface area (Å²) >= 11 is 0. The number of hydrazone groups is 1. The van der Waals surface area contributed by atoms with Crippen molar-refractivity contribution < 1.29 is 19.1 Å². The quantitative estimate of drug-likeness (QED) is 0.249. The summed E-state index contributed by atoms with van der Waals surface area (Å²) in [5.74, 6) is -1.46. The van der Waals surface area contributed by atoms with Gasteiger partial charge in [0, 0.05) is 17.8 Å². The van der Waals surface area contributed by atoms with Crippen LogP contribution >= 0.6 is 0 Å². The zero-order chi connectivity index (χ0) is 22.6. The van der Waals surface area contributed by atoms with Gasteiger partial charge in [-0.15, -0.1) is 0 Å². The van der Waals surface area contributed by atoms with E-state index in [-0.39, 0.29) is 12.5 Å². The maximum absolute atomic E-state index is 12.3. The largest absolute Gasteiger partial charge is 0.483 e. The van der Waals surface area contributed by atoms with Gasteiger partial charge < -0.3 is 15.4 Å². The van der Waals surface area contributed by atoms with Crippen molar-refractivity contribution in [2.24, 2.45) is 5.10 Å². The number of hydrogen-bond donors (Lipinski definition) is 3. The summed E-state index contributed by atoms with van der Waals surface area (Å²) in [5, 5.41) is 9.14. The van der Waals surface area contributed by atoms with Gasteiger partial charge in [0.1, 0.15) is 5.75 Å². The molecule has 2 rings (SSSR count). The number of nitrogens with zero attached hydrogens (tertiary/aromatic N) is 1. The third kappa shape index (κ3) is 7.93. The van der Waals surface area contributed by atoms with Crippen molar-refractivity contribution >= 4 is 29.6 Å². The number of unbranched alkanes of at least 4 members (excludes halogenated alkanes) is 1. The molecule has 0 aliphatic rings. The van der Waals surface area contributed by atoms with E-state index < -0.39 is 11.8 Å². The molecule has 8 heteroatoms. The van der Waals surface area contributed by atoms with Crippen LogP contribution in [0, 0.1) is 13.8 Å². The fraction of sp³-hybridized carbons (Fsp3) is 0.304. The fourth-order valence-electron chi connectivity index (χ4n) is 2.59. The van der Waals surface area contributed by atoms with Gasteiger partial charge in [-0.3, -0.25) is 14.4 Å². The minimum absolute atomic E-state index is 0.190. The van der Waals surface area contributed by atoms with Crippen LogP contribution in [0.15, 0.2) is 47.6 Å². The van der Waals surface area contributed by atoms with Gasteiger partial charge in [0.2, 0.25) is 0 Å². The Balaban J connectivity index is 1.90. The zero-order valence-corrected chi connectivity index (χ0v) is 18.0. The Kier molecular flexibility index (Phi) is 9.22. The van der Waals surface area contributed by atoms with Crippen LogP contribution < -0.4 is 20.8 Å². The molecule has 0 bridgehead atoms. The normalized spacial score (nSPS) is 10.5. The molecule has 3 amide bonds. The summed E-state index contributed by atoms with van der Waals surface area (Å²) in [4.78, 5) is 35.6. The predicted octanol–water partition coefficient (Wildman–Crippen LogP) is 2.69. The Bertz CT molecular complexity index is 956. The smallest absolute Gasteiger partial charge is 0.329 e. The number of aryl methyl sites for hydroxylation is 2. The number of hydrogen-bond acceptors (Lipinski definition) is 5. The molecule has 0 aliphatic heterocycles. The summed E-state index contributed by atoms with van der Waals surface area (Å²) < 4.78 is 5.62. The monoisotopic (exact) mass is 424 g/mol. The van der Waals surface area contributed by atoms with Gasteiger partial charge in [0.25, 0.3) is 5.91 Å². The van der Waals surface area contributed by atoms with E-state index in [9.17, 15) is 14.4 Å². The maximum atomic E-state index is 12.3. The lowest BCUT2D eigenvalue weighted by atomic mass is 10.1. The van der Waals surface area contributed by atoms with E-state index in [0.29, 0.717) is 17.9 Å². The third-order valence-electron chi connectivity index (χ3n) is 4.34. The summed E-state index contributed by atoms with van der Waals surface area (Å²) in [7, 11) is 0. The highest BCUT2D eigenvalue weighted by atomic mass is 16.5. The van der Waals surface area contributed by atoms with Crippen LogP contribution in [0.25, 0.3) is 0 Å². The molecular formula is C23H28N4O4. The first kappa shape index (κ1) is 23.6. The van der Waals surface area contributed by atoms with Crippen molar-refractivity contribution in [1.29, 1.82) is 0 Å². The summed E-state index contributed by atoms with van der Waals surface area (Å²) in [5.41, 5.74) is 5.47. The second-order valence-corrected chi connectivity index (χ2v) is 7.00. The summed E-state index contributed by atoms with van der Waals surface area (Å²) in [6.07, 6.45) is 3.07. The highest BCUT2D eigenvalue weighted by Crippen LogP contribution is 2.18. The third-order valence-corrected chi connectivity index (χ3v) is 4.34. The topological polar surface area (TPSA) is 109 Å². The van der Waals surface area contributed by atoms with Crippen molar-refractivity contribution in [3.63, 3.8) is 0 Å². The molecule has 0 radical (unpaired) electrons. The first-order valence-electron chi connectivity index (χ1n) is 10.1. The number of para-hydroxylation sites is 1. The SMILES string of the molecule is CCCCNC(=O)C(=O)N/N=C\c1ccccc1OCC(=O)Nc1cc(C)ccc1C. The molecule has 2 aromatic rings. The highest BCUT2D eigenvalue weighted by molar-refractivity contribution is 6.35.